The Morgan fingerprint density at radius 2 is 2.05 bits per heavy atom. The zero-order valence-electron chi connectivity index (χ0n) is 13.2. The van der Waals surface area contributed by atoms with E-state index in [1.165, 1.54) is 0 Å². The van der Waals surface area contributed by atoms with Crippen LogP contribution in [-0.2, 0) is 16.0 Å². The van der Waals surface area contributed by atoms with Crippen molar-refractivity contribution < 1.29 is 19.4 Å². The Morgan fingerprint density at radius 1 is 1.41 bits per heavy atom. The molecular weight excluding hydrogens is 352 g/mol. The lowest BCUT2D eigenvalue weighted by molar-refractivity contribution is -0.137. The van der Waals surface area contributed by atoms with E-state index in [2.05, 4.69) is 26.2 Å². The van der Waals surface area contributed by atoms with Crippen LogP contribution in [0.25, 0.3) is 0 Å². The molecule has 0 radical (unpaired) electrons. The molecule has 0 aliphatic rings. The smallest absolute Gasteiger partial charge is 0.412 e. The number of rotatable bonds is 5. The third-order valence-corrected chi connectivity index (χ3v) is 3.59. The Bertz CT molecular complexity index is 567. The first-order chi connectivity index (χ1) is 10.1. The minimum atomic E-state index is -0.851. The molecule has 0 aliphatic carbocycles. The van der Waals surface area contributed by atoms with Crippen molar-refractivity contribution >= 4 is 33.7 Å². The molecule has 2 N–H and O–H groups in total. The Hall–Kier alpha value is -1.63. The first-order valence-corrected chi connectivity index (χ1v) is 7.75. The molecule has 1 heterocycles. The Kier molecular flexibility index (Phi) is 6.34. The fourth-order valence-electron chi connectivity index (χ4n) is 1.80. The van der Waals surface area contributed by atoms with Crippen LogP contribution >= 0.6 is 15.9 Å². The molecule has 0 unspecified atom stereocenters. The van der Waals surface area contributed by atoms with Crippen LogP contribution in [0.3, 0.4) is 0 Å². The highest BCUT2D eigenvalue weighted by Gasteiger charge is 2.19. The zero-order valence-corrected chi connectivity index (χ0v) is 14.8. The molecule has 1 aromatic rings. The van der Waals surface area contributed by atoms with Crippen LogP contribution in [0.4, 0.5) is 10.5 Å². The van der Waals surface area contributed by atoms with Crippen LogP contribution in [0.5, 0.6) is 0 Å². The van der Waals surface area contributed by atoms with Gasteiger partial charge in [0.15, 0.2) is 0 Å². The van der Waals surface area contributed by atoms with Gasteiger partial charge in [-0.2, -0.15) is 0 Å². The van der Waals surface area contributed by atoms with Gasteiger partial charge in [0.05, 0.1) is 11.4 Å². The van der Waals surface area contributed by atoms with Crippen LogP contribution in [0, 0.1) is 6.92 Å². The van der Waals surface area contributed by atoms with Crippen LogP contribution < -0.4 is 5.32 Å². The van der Waals surface area contributed by atoms with Crippen LogP contribution in [-0.4, -0.2) is 27.8 Å². The fraction of sp³-hybridized carbons (Fsp3) is 0.533. The van der Waals surface area contributed by atoms with Gasteiger partial charge < -0.3 is 9.84 Å². The van der Waals surface area contributed by atoms with Gasteiger partial charge in [-0.15, -0.1) is 0 Å². The van der Waals surface area contributed by atoms with Crippen molar-refractivity contribution in [2.45, 2.75) is 52.6 Å². The van der Waals surface area contributed by atoms with Gasteiger partial charge in [-0.3, -0.25) is 15.1 Å². The Balaban J connectivity index is 2.92. The molecule has 7 heteroatoms. The second kappa shape index (κ2) is 7.58. The number of nitrogens with zero attached hydrogens (tertiary/aromatic N) is 1. The summed E-state index contributed by atoms with van der Waals surface area (Å²) in [5.41, 5.74) is 1.44. The maximum Gasteiger partial charge on any atom is 0.412 e. The number of amides is 1. The first kappa shape index (κ1) is 18.4. The van der Waals surface area contributed by atoms with E-state index < -0.39 is 17.7 Å². The number of carbonyl (C=O) groups is 2. The molecule has 0 saturated carbocycles. The Morgan fingerprint density at radius 3 is 2.59 bits per heavy atom. The van der Waals surface area contributed by atoms with E-state index in [-0.39, 0.29) is 6.42 Å². The predicted octanol–water partition coefficient (Wildman–Crippen LogP) is 3.91. The lowest BCUT2D eigenvalue weighted by Crippen LogP contribution is -2.28. The molecule has 1 rings (SSSR count). The molecule has 0 aliphatic heterocycles. The van der Waals surface area contributed by atoms with E-state index in [9.17, 15) is 9.59 Å². The molecule has 1 aromatic heterocycles. The van der Waals surface area contributed by atoms with Gasteiger partial charge in [0.2, 0.25) is 0 Å². The van der Waals surface area contributed by atoms with Crippen molar-refractivity contribution in [3.63, 3.8) is 0 Å². The largest absolute Gasteiger partial charge is 0.481 e. The van der Waals surface area contributed by atoms with E-state index in [1.54, 1.807) is 27.0 Å². The van der Waals surface area contributed by atoms with Gasteiger partial charge in [0.1, 0.15) is 5.60 Å². The quantitative estimate of drug-likeness (QED) is 0.817. The lowest BCUT2D eigenvalue weighted by Gasteiger charge is -2.21. The summed E-state index contributed by atoms with van der Waals surface area (Å²) < 4.78 is 6.01. The predicted molar refractivity (Wildman–Crippen MR) is 87.1 cm³/mol. The lowest BCUT2D eigenvalue weighted by atomic mass is 10.1. The summed E-state index contributed by atoms with van der Waals surface area (Å²) in [6.07, 6.45) is 2.06. The van der Waals surface area contributed by atoms with E-state index in [0.29, 0.717) is 24.2 Å². The minimum absolute atomic E-state index is 0.0582. The van der Waals surface area contributed by atoms with Gasteiger partial charge >= 0.3 is 12.1 Å². The van der Waals surface area contributed by atoms with E-state index in [0.717, 1.165) is 10.0 Å². The van der Waals surface area contributed by atoms with Gasteiger partial charge in [0, 0.05) is 17.1 Å². The average molecular weight is 373 g/mol. The van der Waals surface area contributed by atoms with Gasteiger partial charge in [-0.25, -0.2) is 4.79 Å². The monoisotopic (exact) mass is 372 g/mol. The normalized spacial score (nSPS) is 11.1. The van der Waals surface area contributed by atoms with Gasteiger partial charge in [-0.1, -0.05) is 0 Å². The number of aryl methyl sites for hydroxylation is 1. The zero-order chi connectivity index (χ0) is 16.9. The van der Waals surface area contributed by atoms with E-state index >= 15 is 0 Å². The molecule has 6 nitrogen and oxygen atoms in total. The standard InChI is InChI=1S/C15H21BrN2O4/c1-9-10(16)8-17-11(6-5-7-12(19)20)13(9)18-14(21)22-15(2,3)4/h8H,5-7H2,1-4H3,(H,18,21)(H,19,20). The molecule has 0 spiro atoms. The second-order valence-corrected chi connectivity index (χ2v) is 6.78. The first-order valence-electron chi connectivity index (χ1n) is 6.96. The van der Waals surface area contributed by atoms with Crippen LogP contribution in [0.1, 0.15) is 44.9 Å². The Labute approximate surface area is 138 Å². The number of anilines is 1. The third-order valence-electron chi connectivity index (χ3n) is 2.79. The minimum Gasteiger partial charge on any atom is -0.481 e. The van der Waals surface area contributed by atoms with Crippen molar-refractivity contribution in [1.29, 1.82) is 0 Å². The maximum atomic E-state index is 12.0. The SMILES string of the molecule is Cc1c(Br)cnc(CCCC(=O)O)c1NC(=O)OC(C)(C)C. The van der Waals surface area contributed by atoms with Gasteiger partial charge in [0.25, 0.3) is 0 Å². The molecule has 0 bridgehead atoms. The van der Waals surface area contributed by atoms with Crippen molar-refractivity contribution in [1.82, 2.24) is 4.98 Å². The van der Waals surface area contributed by atoms with E-state index in [4.69, 9.17) is 9.84 Å². The molecule has 0 aromatic carbocycles. The summed E-state index contributed by atoms with van der Waals surface area (Å²) in [5, 5.41) is 11.4. The highest BCUT2D eigenvalue weighted by molar-refractivity contribution is 9.10. The summed E-state index contributed by atoms with van der Waals surface area (Å²) in [4.78, 5) is 26.8. The molecule has 22 heavy (non-hydrogen) atoms. The number of ether oxygens (including phenoxy) is 1. The summed E-state index contributed by atoms with van der Waals surface area (Å²) in [6.45, 7) is 7.20. The summed E-state index contributed by atoms with van der Waals surface area (Å²) in [7, 11) is 0. The summed E-state index contributed by atoms with van der Waals surface area (Å²) in [6, 6.07) is 0. The molecule has 0 saturated heterocycles. The molecule has 122 valence electrons. The third kappa shape index (κ3) is 6.01. The number of pyridine rings is 1. The molecule has 0 atom stereocenters. The molecule has 0 fully saturated rings. The number of aliphatic carboxylic acids is 1. The van der Waals surface area contributed by atoms with Gasteiger partial charge in [-0.05, 0) is 62.0 Å². The number of halogens is 1. The summed E-state index contributed by atoms with van der Waals surface area (Å²) >= 11 is 3.37. The number of carbonyl (C=O) groups excluding carboxylic acids is 1. The second-order valence-electron chi connectivity index (χ2n) is 5.93. The number of hydrogen-bond donors (Lipinski definition) is 2. The average Bonchev–Trinajstić information content (AvgIpc) is 2.35. The number of hydrogen-bond acceptors (Lipinski definition) is 4. The van der Waals surface area contributed by atoms with Crippen LogP contribution in [0.2, 0.25) is 0 Å². The van der Waals surface area contributed by atoms with Crippen molar-refractivity contribution in [2.24, 2.45) is 0 Å². The fourth-order valence-corrected chi connectivity index (χ4v) is 2.10. The number of carboxylic acids is 1. The summed E-state index contributed by atoms with van der Waals surface area (Å²) in [5.74, 6) is -0.851. The highest BCUT2D eigenvalue weighted by atomic mass is 79.9. The van der Waals surface area contributed by atoms with Crippen molar-refractivity contribution in [3.05, 3.63) is 21.9 Å². The molecular formula is C15H21BrN2O4. The topological polar surface area (TPSA) is 88.5 Å². The highest BCUT2D eigenvalue weighted by Crippen LogP contribution is 2.27. The molecule has 1 amide bonds. The van der Waals surface area contributed by atoms with Crippen molar-refractivity contribution in [3.8, 4) is 0 Å². The number of aromatic nitrogens is 1. The number of nitrogens with one attached hydrogen (secondary N) is 1. The number of carboxylic acid groups (broad SMARTS) is 1. The van der Waals surface area contributed by atoms with Crippen LogP contribution in [0.15, 0.2) is 10.7 Å². The van der Waals surface area contributed by atoms with Crippen molar-refractivity contribution in [2.75, 3.05) is 5.32 Å². The maximum absolute atomic E-state index is 12.0. The van der Waals surface area contributed by atoms with E-state index in [1.807, 2.05) is 6.92 Å².